The van der Waals surface area contributed by atoms with Gasteiger partial charge in [0.1, 0.15) is 5.75 Å². The maximum atomic E-state index is 6.51. The van der Waals surface area contributed by atoms with Gasteiger partial charge in [0, 0.05) is 23.4 Å². The lowest BCUT2D eigenvalue weighted by atomic mass is 9.93. The van der Waals surface area contributed by atoms with E-state index in [1.165, 1.54) is 24.8 Å². The quantitative estimate of drug-likeness (QED) is 0.528. The van der Waals surface area contributed by atoms with Gasteiger partial charge in [0.05, 0.1) is 11.8 Å². The van der Waals surface area contributed by atoms with Crippen LogP contribution in [-0.2, 0) is 0 Å². The van der Waals surface area contributed by atoms with Crippen LogP contribution in [-0.4, -0.2) is 16.4 Å². The second-order valence-electron chi connectivity index (χ2n) is 7.74. The number of fused-ring (bicyclic) bond motifs is 3. The van der Waals surface area contributed by atoms with Crippen LogP contribution in [0.2, 0.25) is 5.02 Å². The van der Waals surface area contributed by atoms with Gasteiger partial charge in [-0.3, -0.25) is 0 Å². The molecule has 2 atom stereocenters. The molecule has 0 aliphatic carbocycles. The Morgan fingerprint density at radius 2 is 1.89 bits per heavy atom. The number of nitrogens with zero attached hydrogens (tertiary/aromatic N) is 2. The van der Waals surface area contributed by atoms with Gasteiger partial charge in [-0.25, -0.2) is 5.01 Å². The maximum Gasteiger partial charge on any atom is 0.195 e. The topological polar surface area (TPSA) is 24.8 Å². The van der Waals surface area contributed by atoms with Gasteiger partial charge in [-0.2, -0.15) is 5.10 Å². The smallest absolute Gasteiger partial charge is 0.195 e. The van der Waals surface area contributed by atoms with Crippen LogP contribution in [0.5, 0.6) is 5.75 Å². The number of halogens is 1. The summed E-state index contributed by atoms with van der Waals surface area (Å²) in [5.41, 5.74) is 3.08. The van der Waals surface area contributed by atoms with E-state index in [2.05, 4.69) is 55.3 Å². The van der Waals surface area contributed by atoms with E-state index in [0.717, 1.165) is 41.3 Å². The lowest BCUT2D eigenvalue weighted by molar-refractivity contribution is -0.112. The van der Waals surface area contributed by atoms with Crippen molar-refractivity contribution in [3.8, 4) is 5.75 Å². The number of hydrogen-bond acceptors (Lipinski definition) is 3. The van der Waals surface area contributed by atoms with E-state index in [9.17, 15) is 0 Å². The second kappa shape index (κ2) is 7.55. The molecule has 4 rings (SSSR count). The molecule has 0 spiro atoms. The van der Waals surface area contributed by atoms with Crippen LogP contribution < -0.4 is 4.74 Å². The lowest BCUT2D eigenvalue weighted by Crippen LogP contribution is -2.51. The lowest BCUT2D eigenvalue weighted by Gasteiger charge is -2.46. The highest BCUT2D eigenvalue weighted by Crippen LogP contribution is 2.48. The fourth-order valence-electron chi connectivity index (χ4n) is 4.18. The molecular formula is C23H27ClN2O. The molecule has 0 saturated heterocycles. The van der Waals surface area contributed by atoms with E-state index in [4.69, 9.17) is 21.4 Å². The molecule has 27 heavy (non-hydrogen) atoms. The Kier molecular flexibility index (Phi) is 5.14. The number of hydrogen-bond donors (Lipinski definition) is 0. The summed E-state index contributed by atoms with van der Waals surface area (Å²) in [6.07, 6.45) is 6.79. The Balaban J connectivity index is 1.65. The molecule has 0 amide bonds. The van der Waals surface area contributed by atoms with E-state index < -0.39 is 5.72 Å². The van der Waals surface area contributed by atoms with Gasteiger partial charge in [0.2, 0.25) is 0 Å². The largest absolute Gasteiger partial charge is 0.466 e. The van der Waals surface area contributed by atoms with Crippen molar-refractivity contribution < 1.29 is 4.74 Å². The fraction of sp³-hybridized carbons (Fsp3) is 0.435. The molecule has 2 aliphatic heterocycles. The molecule has 0 aromatic heterocycles. The van der Waals surface area contributed by atoms with E-state index in [-0.39, 0.29) is 6.04 Å². The predicted octanol–water partition coefficient (Wildman–Crippen LogP) is 6.57. The molecule has 0 fully saturated rings. The summed E-state index contributed by atoms with van der Waals surface area (Å²) in [5, 5.41) is 8.01. The third kappa shape index (κ3) is 3.58. The van der Waals surface area contributed by atoms with E-state index in [1.54, 1.807) is 0 Å². The monoisotopic (exact) mass is 382 g/mol. The third-order valence-corrected chi connectivity index (χ3v) is 5.93. The van der Waals surface area contributed by atoms with Gasteiger partial charge in [-0.1, -0.05) is 68.1 Å². The van der Waals surface area contributed by atoms with Crippen molar-refractivity contribution in [2.24, 2.45) is 5.10 Å². The van der Waals surface area contributed by atoms with Crippen LogP contribution in [0.4, 0.5) is 0 Å². The van der Waals surface area contributed by atoms with Crippen LogP contribution in [0.1, 0.15) is 69.5 Å². The Labute approximate surface area is 167 Å². The van der Waals surface area contributed by atoms with Crippen molar-refractivity contribution in [2.75, 3.05) is 0 Å². The van der Waals surface area contributed by atoms with Gasteiger partial charge in [0.25, 0.3) is 0 Å². The molecule has 2 aliphatic rings. The van der Waals surface area contributed by atoms with Gasteiger partial charge < -0.3 is 4.74 Å². The maximum absolute atomic E-state index is 6.51. The van der Waals surface area contributed by atoms with Crippen molar-refractivity contribution in [1.29, 1.82) is 0 Å². The zero-order valence-electron chi connectivity index (χ0n) is 16.1. The summed E-state index contributed by atoms with van der Waals surface area (Å²) in [4.78, 5) is 0. The fourth-order valence-corrected chi connectivity index (χ4v) is 4.31. The highest BCUT2D eigenvalue weighted by molar-refractivity contribution is 6.30. The van der Waals surface area contributed by atoms with Crippen LogP contribution in [0, 0.1) is 0 Å². The summed E-state index contributed by atoms with van der Waals surface area (Å²) in [6.45, 7) is 4.43. The Morgan fingerprint density at radius 3 is 2.67 bits per heavy atom. The molecule has 142 valence electrons. The van der Waals surface area contributed by atoms with Crippen LogP contribution >= 0.6 is 11.6 Å². The first-order valence-corrected chi connectivity index (χ1v) is 10.4. The number of para-hydroxylation sites is 1. The highest BCUT2D eigenvalue weighted by atomic mass is 35.5. The van der Waals surface area contributed by atoms with Crippen molar-refractivity contribution in [3.63, 3.8) is 0 Å². The highest BCUT2D eigenvalue weighted by Gasteiger charge is 2.47. The SMILES string of the molecule is CCCCCC[C@@]1(C)Oc2ccccc2[C@H]2CC(c3ccc(Cl)cc3)=NN21. The minimum atomic E-state index is -0.402. The van der Waals surface area contributed by atoms with Crippen molar-refractivity contribution in [3.05, 3.63) is 64.7 Å². The molecule has 0 N–H and O–H groups in total. The molecule has 2 heterocycles. The van der Waals surface area contributed by atoms with Gasteiger partial charge in [-0.05, 0) is 37.1 Å². The Hall–Kier alpha value is -2.00. The van der Waals surface area contributed by atoms with E-state index >= 15 is 0 Å². The Bertz CT molecular complexity index is 833. The number of rotatable bonds is 6. The molecule has 0 unspecified atom stereocenters. The first-order chi connectivity index (χ1) is 13.1. The second-order valence-corrected chi connectivity index (χ2v) is 8.18. The number of unbranched alkanes of at least 4 members (excludes halogenated alkanes) is 3. The molecule has 2 aromatic rings. The number of ether oxygens (including phenoxy) is 1. The molecular weight excluding hydrogens is 356 g/mol. The minimum absolute atomic E-state index is 0.233. The molecule has 0 bridgehead atoms. The van der Waals surface area contributed by atoms with Crippen LogP contribution in [0.3, 0.4) is 0 Å². The standard InChI is InChI=1S/C23H27ClN2O/c1-3-4-5-8-15-23(2)26-21(19-9-6-7-10-22(19)27-23)16-20(25-26)17-11-13-18(24)14-12-17/h6-7,9-14,21H,3-5,8,15-16H2,1-2H3/t21-,23-/m1/s1. The number of hydrazone groups is 1. The van der Waals surface area contributed by atoms with Crippen molar-refractivity contribution in [1.82, 2.24) is 5.01 Å². The summed E-state index contributed by atoms with van der Waals surface area (Å²) in [7, 11) is 0. The average molecular weight is 383 g/mol. The average Bonchev–Trinajstić information content (AvgIpc) is 3.13. The first-order valence-electron chi connectivity index (χ1n) is 10.0. The summed E-state index contributed by atoms with van der Waals surface area (Å²) < 4.78 is 6.51. The summed E-state index contributed by atoms with van der Waals surface area (Å²) >= 11 is 6.07. The number of benzene rings is 2. The zero-order valence-corrected chi connectivity index (χ0v) is 16.9. The van der Waals surface area contributed by atoms with E-state index in [0.29, 0.717) is 0 Å². The van der Waals surface area contributed by atoms with Gasteiger partial charge in [0.15, 0.2) is 5.72 Å². The first kappa shape index (κ1) is 18.4. The molecule has 3 nitrogen and oxygen atoms in total. The van der Waals surface area contributed by atoms with Crippen LogP contribution in [0.25, 0.3) is 0 Å². The van der Waals surface area contributed by atoms with Gasteiger partial charge >= 0.3 is 0 Å². The molecule has 4 heteroatoms. The predicted molar refractivity (Wildman–Crippen MR) is 111 cm³/mol. The van der Waals surface area contributed by atoms with Gasteiger partial charge in [-0.15, -0.1) is 0 Å². The zero-order chi connectivity index (χ0) is 18.9. The van der Waals surface area contributed by atoms with Crippen molar-refractivity contribution >= 4 is 17.3 Å². The Morgan fingerprint density at radius 1 is 1.11 bits per heavy atom. The summed E-state index contributed by atoms with van der Waals surface area (Å²) in [6, 6.07) is 16.6. The normalized spacial score (nSPS) is 23.4. The van der Waals surface area contributed by atoms with Crippen LogP contribution in [0.15, 0.2) is 53.6 Å². The third-order valence-electron chi connectivity index (χ3n) is 5.67. The minimum Gasteiger partial charge on any atom is -0.466 e. The molecule has 0 saturated carbocycles. The molecule has 0 radical (unpaired) electrons. The molecule has 2 aromatic carbocycles. The summed E-state index contributed by atoms with van der Waals surface area (Å²) in [5.74, 6) is 1.00. The van der Waals surface area contributed by atoms with Crippen molar-refractivity contribution in [2.45, 2.75) is 64.1 Å². The van der Waals surface area contributed by atoms with E-state index in [1.807, 2.05) is 12.1 Å².